The van der Waals surface area contributed by atoms with Crippen molar-refractivity contribution in [3.05, 3.63) is 66.2 Å². The van der Waals surface area contributed by atoms with Crippen molar-refractivity contribution in [2.75, 3.05) is 37.0 Å². The Bertz CT molecular complexity index is 867. The van der Waals surface area contributed by atoms with Gasteiger partial charge in [0.05, 0.1) is 12.3 Å². The number of ether oxygens (including phenoxy) is 1. The third-order valence-corrected chi connectivity index (χ3v) is 4.28. The van der Waals surface area contributed by atoms with Gasteiger partial charge in [-0.25, -0.2) is 4.98 Å². The molecule has 5 heteroatoms. The number of nitrogens with one attached hydrogen (secondary N) is 1. The zero-order chi connectivity index (χ0) is 19.1. The van der Waals surface area contributed by atoms with Crippen LogP contribution in [0.2, 0.25) is 0 Å². The Kier molecular flexibility index (Phi) is 6.39. The molecule has 0 fully saturated rings. The highest BCUT2D eigenvalue weighted by Gasteiger charge is 2.13. The van der Waals surface area contributed by atoms with Gasteiger partial charge in [0.2, 0.25) is 5.95 Å². The predicted molar refractivity (Wildman–Crippen MR) is 112 cm³/mol. The van der Waals surface area contributed by atoms with Gasteiger partial charge in [-0.15, -0.1) is 0 Å². The molecule has 0 atom stereocenters. The summed E-state index contributed by atoms with van der Waals surface area (Å²) in [6.45, 7) is 6.30. The summed E-state index contributed by atoms with van der Waals surface area (Å²) in [5.41, 5.74) is 4.31. The van der Waals surface area contributed by atoms with Gasteiger partial charge >= 0.3 is 0 Å². The van der Waals surface area contributed by atoms with Gasteiger partial charge in [0.1, 0.15) is 5.82 Å². The molecule has 0 unspecified atom stereocenters. The summed E-state index contributed by atoms with van der Waals surface area (Å²) in [5.74, 6) is 1.48. The minimum absolute atomic E-state index is 0.601. The molecule has 0 saturated heterocycles. The SMILES string of the molecule is CCN(c1cccc(C)c1)c1cc(-c2ccccc2)nc(NCCOC)n1. The van der Waals surface area contributed by atoms with Crippen LogP contribution in [0.5, 0.6) is 0 Å². The van der Waals surface area contributed by atoms with E-state index in [4.69, 9.17) is 14.7 Å². The predicted octanol–water partition coefficient (Wildman–Crippen LogP) is 4.67. The van der Waals surface area contributed by atoms with Crippen LogP contribution in [-0.4, -0.2) is 36.8 Å². The summed E-state index contributed by atoms with van der Waals surface area (Å²) < 4.78 is 5.13. The third kappa shape index (κ3) is 4.83. The second kappa shape index (κ2) is 9.14. The smallest absolute Gasteiger partial charge is 0.225 e. The van der Waals surface area contributed by atoms with E-state index in [0.29, 0.717) is 19.1 Å². The Morgan fingerprint density at radius 3 is 2.52 bits per heavy atom. The summed E-state index contributed by atoms with van der Waals surface area (Å²) in [6, 6.07) is 20.7. The Morgan fingerprint density at radius 2 is 1.81 bits per heavy atom. The molecule has 0 bridgehead atoms. The number of rotatable bonds is 8. The van der Waals surface area contributed by atoms with Gasteiger partial charge in [0.25, 0.3) is 0 Å². The van der Waals surface area contributed by atoms with Crippen molar-refractivity contribution in [2.24, 2.45) is 0 Å². The largest absolute Gasteiger partial charge is 0.383 e. The number of aryl methyl sites for hydroxylation is 1. The molecule has 140 valence electrons. The minimum atomic E-state index is 0.601. The molecule has 0 radical (unpaired) electrons. The van der Waals surface area contributed by atoms with Crippen molar-refractivity contribution in [3.63, 3.8) is 0 Å². The maximum atomic E-state index is 5.13. The second-order valence-electron chi connectivity index (χ2n) is 6.30. The molecule has 1 heterocycles. The molecular formula is C22H26N4O. The van der Waals surface area contributed by atoms with Crippen LogP contribution in [0.3, 0.4) is 0 Å². The highest BCUT2D eigenvalue weighted by atomic mass is 16.5. The van der Waals surface area contributed by atoms with Crippen LogP contribution in [-0.2, 0) is 4.74 Å². The molecule has 0 aliphatic rings. The van der Waals surface area contributed by atoms with Crippen molar-refractivity contribution >= 4 is 17.5 Å². The van der Waals surface area contributed by atoms with Gasteiger partial charge in [-0.1, -0.05) is 42.5 Å². The van der Waals surface area contributed by atoms with Crippen LogP contribution >= 0.6 is 0 Å². The normalized spacial score (nSPS) is 10.6. The van der Waals surface area contributed by atoms with Gasteiger partial charge < -0.3 is 15.0 Å². The first-order valence-corrected chi connectivity index (χ1v) is 9.22. The summed E-state index contributed by atoms with van der Waals surface area (Å²) >= 11 is 0. The van der Waals surface area contributed by atoms with E-state index in [1.807, 2.05) is 24.3 Å². The van der Waals surface area contributed by atoms with E-state index in [9.17, 15) is 0 Å². The Labute approximate surface area is 161 Å². The molecule has 27 heavy (non-hydrogen) atoms. The molecule has 0 saturated carbocycles. The van der Waals surface area contributed by atoms with Crippen molar-refractivity contribution in [2.45, 2.75) is 13.8 Å². The lowest BCUT2D eigenvalue weighted by Gasteiger charge is -2.23. The first-order valence-electron chi connectivity index (χ1n) is 9.22. The molecule has 5 nitrogen and oxygen atoms in total. The highest BCUT2D eigenvalue weighted by molar-refractivity contribution is 5.69. The fourth-order valence-corrected chi connectivity index (χ4v) is 2.95. The number of anilines is 3. The molecule has 1 aromatic heterocycles. The molecule has 0 aliphatic heterocycles. The summed E-state index contributed by atoms with van der Waals surface area (Å²) in [5, 5.41) is 3.26. The summed E-state index contributed by atoms with van der Waals surface area (Å²) in [4.78, 5) is 11.7. The van der Waals surface area contributed by atoms with E-state index < -0.39 is 0 Å². The van der Waals surface area contributed by atoms with Crippen LogP contribution in [0.15, 0.2) is 60.7 Å². The quantitative estimate of drug-likeness (QED) is 0.590. The van der Waals surface area contributed by atoms with Crippen LogP contribution in [0, 0.1) is 6.92 Å². The standard InChI is InChI=1S/C22H26N4O/c1-4-26(19-12-8-9-17(2)15-19)21-16-20(18-10-6-5-7-11-18)24-22(25-21)23-13-14-27-3/h5-12,15-16H,4,13-14H2,1-3H3,(H,23,24,25). The van der Waals surface area contributed by atoms with E-state index in [1.165, 1.54) is 5.56 Å². The van der Waals surface area contributed by atoms with E-state index >= 15 is 0 Å². The molecular weight excluding hydrogens is 336 g/mol. The van der Waals surface area contributed by atoms with Crippen LogP contribution in [0.4, 0.5) is 17.5 Å². The summed E-state index contributed by atoms with van der Waals surface area (Å²) in [6.07, 6.45) is 0. The van der Waals surface area contributed by atoms with E-state index in [-0.39, 0.29) is 0 Å². The van der Waals surface area contributed by atoms with E-state index in [0.717, 1.165) is 29.3 Å². The molecule has 0 spiro atoms. The molecule has 3 aromatic rings. The number of hydrogen-bond acceptors (Lipinski definition) is 5. The third-order valence-electron chi connectivity index (χ3n) is 4.28. The van der Waals surface area contributed by atoms with Crippen molar-refractivity contribution in [3.8, 4) is 11.3 Å². The minimum Gasteiger partial charge on any atom is -0.383 e. The number of aromatic nitrogens is 2. The van der Waals surface area contributed by atoms with Gasteiger partial charge in [0, 0.05) is 37.5 Å². The van der Waals surface area contributed by atoms with Gasteiger partial charge in [-0.3, -0.25) is 0 Å². The number of benzene rings is 2. The lowest BCUT2D eigenvalue weighted by Crippen LogP contribution is -2.19. The van der Waals surface area contributed by atoms with E-state index in [2.05, 4.69) is 60.5 Å². The van der Waals surface area contributed by atoms with E-state index in [1.54, 1.807) is 7.11 Å². The average Bonchev–Trinajstić information content (AvgIpc) is 2.69. The molecule has 3 rings (SSSR count). The van der Waals surface area contributed by atoms with Gasteiger partial charge in [0.15, 0.2) is 0 Å². The lowest BCUT2D eigenvalue weighted by atomic mass is 10.1. The Morgan fingerprint density at radius 1 is 1.00 bits per heavy atom. The monoisotopic (exact) mass is 362 g/mol. The maximum absolute atomic E-state index is 5.13. The molecule has 0 aliphatic carbocycles. The van der Waals surface area contributed by atoms with Crippen LogP contribution in [0.1, 0.15) is 12.5 Å². The van der Waals surface area contributed by atoms with Gasteiger partial charge in [-0.2, -0.15) is 4.98 Å². The van der Waals surface area contributed by atoms with Gasteiger partial charge in [-0.05, 0) is 31.5 Å². The molecule has 0 amide bonds. The lowest BCUT2D eigenvalue weighted by molar-refractivity contribution is 0.210. The summed E-state index contributed by atoms with van der Waals surface area (Å²) in [7, 11) is 1.69. The number of methoxy groups -OCH3 is 1. The maximum Gasteiger partial charge on any atom is 0.225 e. The fourth-order valence-electron chi connectivity index (χ4n) is 2.95. The Balaban J connectivity index is 2.02. The second-order valence-corrected chi connectivity index (χ2v) is 6.30. The highest BCUT2D eigenvalue weighted by Crippen LogP contribution is 2.28. The van der Waals surface area contributed by atoms with Crippen LogP contribution in [0.25, 0.3) is 11.3 Å². The number of hydrogen-bond donors (Lipinski definition) is 1. The average molecular weight is 362 g/mol. The van der Waals surface area contributed by atoms with Crippen molar-refractivity contribution in [1.82, 2.24) is 9.97 Å². The molecule has 1 N–H and O–H groups in total. The Hall–Kier alpha value is -2.92. The zero-order valence-electron chi connectivity index (χ0n) is 16.1. The fraction of sp³-hybridized carbons (Fsp3) is 0.273. The topological polar surface area (TPSA) is 50.3 Å². The van der Waals surface area contributed by atoms with Crippen molar-refractivity contribution < 1.29 is 4.74 Å². The molecule has 2 aromatic carbocycles. The zero-order valence-corrected chi connectivity index (χ0v) is 16.1. The first kappa shape index (κ1) is 18.9. The van der Waals surface area contributed by atoms with Crippen molar-refractivity contribution in [1.29, 1.82) is 0 Å². The van der Waals surface area contributed by atoms with Crippen LogP contribution < -0.4 is 10.2 Å². The number of nitrogens with zero attached hydrogens (tertiary/aromatic N) is 3. The first-order chi connectivity index (χ1) is 13.2.